The molecule has 1 aromatic carbocycles. The van der Waals surface area contributed by atoms with Crippen molar-refractivity contribution < 1.29 is 9.53 Å². The third kappa shape index (κ3) is 4.48. The van der Waals surface area contributed by atoms with Crippen LogP contribution in [0, 0.1) is 0 Å². The highest BCUT2D eigenvalue weighted by molar-refractivity contribution is 6.30. The van der Waals surface area contributed by atoms with Crippen LogP contribution in [-0.2, 0) is 11.2 Å². The zero-order valence-corrected chi connectivity index (χ0v) is 16.0. The molecule has 0 saturated carbocycles. The Morgan fingerprint density at radius 3 is 2.54 bits per heavy atom. The number of piperidine rings is 1. The minimum absolute atomic E-state index is 0.0319. The molecular formula is C20H20ClN5O2. The van der Waals surface area contributed by atoms with Gasteiger partial charge in [0.25, 0.3) is 0 Å². The van der Waals surface area contributed by atoms with Gasteiger partial charge in [0, 0.05) is 49.4 Å². The van der Waals surface area contributed by atoms with Gasteiger partial charge in [0.2, 0.25) is 11.8 Å². The molecule has 1 aliphatic heterocycles. The molecule has 0 bridgehead atoms. The van der Waals surface area contributed by atoms with E-state index in [0.717, 1.165) is 18.4 Å². The Balaban J connectivity index is 1.27. The normalized spacial score (nSPS) is 14.8. The molecule has 1 saturated heterocycles. The van der Waals surface area contributed by atoms with Gasteiger partial charge in [-0.3, -0.25) is 4.79 Å². The van der Waals surface area contributed by atoms with Gasteiger partial charge < -0.3 is 9.64 Å². The molecule has 28 heavy (non-hydrogen) atoms. The third-order valence-electron chi connectivity index (χ3n) is 4.72. The van der Waals surface area contributed by atoms with E-state index < -0.39 is 0 Å². The smallest absolute Gasteiger partial charge is 0.233 e. The lowest BCUT2D eigenvalue weighted by Crippen LogP contribution is -2.42. The van der Waals surface area contributed by atoms with Crippen LogP contribution in [0.2, 0.25) is 5.02 Å². The van der Waals surface area contributed by atoms with Crippen LogP contribution in [0.4, 0.5) is 0 Å². The summed E-state index contributed by atoms with van der Waals surface area (Å²) >= 11 is 5.89. The summed E-state index contributed by atoms with van der Waals surface area (Å²) < 4.78 is 7.57. The Morgan fingerprint density at radius 1 is 1.11 bits per heavy atom. The van der Waals surface area contributed by atoms with Gasteiger partial charge in [-0.15, -0.1) is 10.2 Å². The Bertz CT molecular complexity index is 905. The summed E-state index contributed by atoms with van der Waals surface area (Å²) in [5.41, 5.74) is 0.973. The van der Waals surface area contributed by atoms with Crippen molar-refractivity contribution in [1.29, 1.82) is 0 Å². The summed E-state index contributed by atoms with van der Waals surface area (Å²) in [4.78, 5) is 14.4. The fourth-order valence-electron chi connectivity index (χ4n) is 3.18. The van der Waals surface area contributed by atoms with Gasteiger partial charge in [-0.1, -0.05) is 23.7 Å². The predicted octanol–water partition coefficient (Wildman–Crippen LogP) is 2.93. The number of hydrogen-bond acceptors (Lipinski definition) is 5. The van der Waals surface area contributed by atoms with E-state index in [1.54, 1.807) is 23.1 Å². The summed E-state index contributed by atoms with van der Waals surface area (Å²) in [6.07, 6.45) is 5.46. The van der Waals surface area contributed by atoms with E-state index in [1.165, 1.54) is 0 Å². The predicted molar refractivity (Wildman–Crippen MR) is 105 cm³/mol. The van der Waals surface area contributed by atoms with Crippen molar-refractivity contribution in [1.82, 2.24) is 24.9 Å². The number of benzene rings is 1. The lowest BCUT2D eigenvalue weighted by molar-refractivity contribution is -0.132. The fourth-order valence-corrected chi connectivity index (χ4v) is 3.31. The highest BCUT2D eigenvalue weighted by Gasteiger charge is 2.24. The molecule has 144 valence electrons. The molecule has 3 heterocycles. The summed E-state index contributed by atoms with van der Waals surface area (Å²) in [5.74, 6) is 1.26. The van der Waals surface area contributed by atoms with Gasteiger partial charge in [-0.05, 0) is 29.8 Å². The van der Waals surface area contributed by atoms with Gasteiger partial charge in [-0.25, -0.2) is 4.68 Å². The maximum absolute atomic E-state index is 12.5. The Morgan fingerprint density at radius 2 is 1.89 bits per heavy atom. The highest BCUT2D eigenvalue weighted by atomic mass is 35.5. The minimum Gasteiger partial charge on any atom is -0.473 e. The Kier molecular flexibility index (Phi) is 5.53. The van der Waals surface area contributed by atoms with Crippen molar-refractivity contribution in [2.75, 3.05) is 13.1 Å². The van der Waals surface area contributed by atoms with Gasteiger partial charge >= 0.3 is 0 Å². The van der Waals surface area contributed by atoms with Gasteiger partial charge in [0.05, 0.1) is 6.42 Å². The fraction of sp³-hybridized carbons (Fsp3) is 0.300. The lowest BCUT2D eigenvalue weighted by atomic mass is 10.1. The van der Waals surface area contributed by atoms with E-state index in [-0.39, 0.29) is 12.0 Å². The van der Waals surface area contributed by atoms with Crippen LogP contribution in [-0.4, -0.2) is 50.0 Å². The third-order valence-corrected chi connectivity index (χ3v) is 4.97. The zero-order valence-electron chi connectivity index (χ0n) is 15.2. The Labute approximate surface area is 167 Å². The van der Waals surface area contributed by atoms with Crippen molar-refractivity contribution in [3.05, 3.63) is 65.4 Å². The quantitative estimate of drug-likeness (QED) is 0.661. The van der Waals surface area contributed by atoms with Gasteiger partial charge in [0.15, 0.2) is 5.82 Å². The van der Waals surface area contributed by atoms with Crippen LogP contribution in [0.15, 0.2) is 54.9 Å². The molecular weight excluding hydrogens is 378 g/mol. The van der Waals surface area contributed by atoms with E-state index >= 15 is 0 Å². The molecule has 0 unspecified atom stereocenters. The molecule has 0 aliphatic carbocycles. The largest absolute Gasteiger partial charge is 0.473 e. The summed E-state index contributed by atoms with van der Waals surface area (Å²) in [6.45, 7) is 1.35. The average Bonchev–Trinajstić information content (AvgIpc) is 3.26. The highest BCUT2D eigenvalue weighted by Crippen LogP contribution is 2.19. The summed E-state index contributed by atoms with van der Waals surface area (Å²) in [7, 11) is 0. The van der Waals surface area contributed by atoms with Crippen molar-refractivity contribution in [3.8, 4) is 11.7 Å². The molecule has 3 aromatic rings. The zero-order chi connectivity index (χ0) is 19.3. The van der Waals surface area contributed by atoms with Crippen molar-refractivity contribution >= 4 is 17.5 Å². The summed E-state index contributed by atoms with van der Waals surface area (Å²) in [5, 5.41) is 13.1. The van der Waals surface area contributed by atoms with Gasteiger partial charge in [0.1, 0.15) is 6.10 Å². The second-order valence-corrected chi connectivity index (χ2v) is 7.12. The van der Waals surface area contributed by atoms with Crippen molar-refractivity contribution in [2.24, 2.45) is 0 Å². The number of carbonyl (C=O) groups is 1. The monoisotopic (exact) mass is 397 g/mol. The van der Waals surface area contributed by atoms with Crippen LogP contribution in [0.25, 0.3) is 5.82 Å². The standard InChI is InChI=1S/C20H20ClN5O2/c21-16-4-2-15(3-5-16)14-20(27)25-12-8-17(9-13-25)28-19-7-6-18(23-24-19)26-11-1-10-22-26/h1-7,10-11,17H,8-9,12-14H2. The number of rotatable bonds is 5. The molecule has 8 heteroatoms. The molecule has 0 radical (unpaired) electrons. The second-order valence-electron chi connectivity index (χ2n) is 6.68. The SMILES string of the molecule is O=C(Cc1ccc(Cl)cc1)N1CCC(Oc2ccc(-n3cccn3)nn2)CC1. The number of aromatic nitrogens is 4. The van der Waals surface area contributed by atoms with Crippen LogP contribution in [0.5, 0.6) is 5.88 Å². The molecule has 1 amide bonds. The number of ether oxygens (including phenoxy) is 1. The summed E-state index contributed by atoms with van der Waals surface area (Å²) in [6, 6.07) is 12.8. The topological polar surface area (TPSA) is 73.1 Å². The van der Waals surface area contributed by atoms with E-state index in [2.05, 4.69) is 15.3 Å². The van der Waals surface area contributed by atoms with E-state index in [9.17, 15) is 4.79 Å². The molecule has 0 N–H and O–H groups in total. The van der Waals surface area contributed by atoms with E-state index in [0.29, 0.717) is 36.2 Å². The van der Waals surface area contributed by atoms with Crippen LogP contribution in [0.3, 0.4) is 0 Å². The number of likely N-dealkylation sites (tertiary alicyclic amines) is 1. The first-order chi connectivity index (χ1) is 13.7. The number of amides is 1. The maximum Gasteiger partial charge on any atom is 0.233 e. The Hall–Kier alpha value is -2.93. The molecule has 2 aromatic heterocycles. The lowest BCUT2D eigenvalue weighted by Gasteiger charge is -2.32. The van der Waals surface area contributed by atoms with Crippen molar-refractivity contribution in [2.45, 2.75) is 25.4 Å². The minimum atomic E-state index is 0.0319. The molecule has 1 fully saturated rings. The maximum atomic E-state index is 12.5. The number of hydrogen-bond donors (Lipinski definition) is 0. The second kappa shape index (κ2) is 8.39. The van der Waals surface area contributed by atoms with Gasteiger partial charge in [-0.2, -0.15) is 5.10 Å². The van der Waals surface area contributed by atoms with Crippen molar-refractivity contribution in [3.63, 3.8) is 0 Å². The molecule has 0 atom stereocenters. The molecule has 7 nitrogen and oxygen atoms in total. The van der Waals surface area contributed by atoms with E-state index in [1.807, 2.05) is 41.3 Å². The van der Waals surface area contributed by atoms with Crippen LogP contribution in [0.1, 0.15) is 18.4 Å². The van der Waals surface area contributed by atoms with Crippen LogP contribution >= 0.6 is 11.6 Å². The molecule has 4 rings (SSSR count). The average molecular weight is 398 g/mol. The molecule has 0 spiro atoms. The van der Waals surface area contributed by atoms with E-state index in [4.69, 9.17) is 16.3 Å². The first kappa shape index (κ1) is 18.4. The van der Waals surface area contributed by atoms with Crippen LogP contribution < -0.4 is 4.74 Å². The molecule has 1 aliphatic rings. The number of halogens is 1. The number of carbonyl (C=O) groups excluding carboxylic acids is 1. The first-order valence-electron chi connectivity index (χ1n) is 9.20. The first-order valence-corrected chi connectivity index (χ1v) is 9.58. The number of nitrogens with zero attached hydrogens (tertiary/aromatic N) is 5.